The number of hydrogen-bond acceptors (Lipinski definition) is 2. The van der Waals surface area contributed by atoms with Crippen molar-refractivity contribution in [1.29, 1.82) is 0 Å². The molecule has 0 aliphatic carbocycles. The summed E-state index contributed by atoms with van der Waals surface area (Å²) < 4.78 is 5.44. The fourth-order valence-electron chi connectivity index (χ4n) is 2.84. The summed E-state index contributed by atoms with van der Waals surface area (Å²) in [5.74, 6) is 2.70. The van der Waals surface area contributed by atoms with Crippen LogP contribution in [-0.2, 0) is 4.74 Å². The number of guanidine groups is 1. The second-order valence-electron chi connectivity index (χ2n) is 6.89. The van der Waals surface area contributed by atoms with Gasteiger partial charge in [-0.3, -0.25) is 4.99 Å². The molecule has 0 spiro atoms. The van der Waals surface area contributed by atoms with Crippen LogP contribution in [0.25, 0.3) is 0 Å². The molecule has 0 aromatic rings. The molecule has 22 heavy (non-hydrogen) atoms. The van der Waals surface area contributed by atoms with Gasteiger partial charge in [-0.25, -0.2) is 0 Å². The highest BCUT2D eigenvalue weighted by Crippen LogP contribution is 2.18. The molecule has 0 unspecified atom stereocenters. The summed E-state index contributed by atoms with van der Waals surface area (Å²) >= 11 is 0. The van der Waals surface area contributed by atoms with E-state index in [-0.39, 0.29) is 0 Å². The average Bonchev–Trinajstić information content (AvgIpc) is 2.52. The summed E-state index contributed by atoms with van der Waals surface area (Å²) in [5.41, 5.74) is 0. The summed E-state index contributed by atoms with van der Waals surface area (Å²) in [4.78, 5) is 7.07. The van der Waals surface area contributed by atoms with Crippen molar-refractivity contribution < 1.29 is 4.74 Å². The van der Waals surface area contributed by atoms with E-state index in [2.05, 4.69) is 38.0 Å². The van der Waals surface area contributed by atoms with Crippen molar-refractivity contribution in [3.05, 3.63) is 0 Å². The largest absolute Gasteiger partial charge is 0.381 e. The molecule has 0 saturated carbocycles. The number of aliphatic imine (C=N–C) groups is 1. The maximum Gasteiger partial charge on any atom is 0.193 e. The van der Waals surface area contributed by atoms with E-state index in [1.807, 2.05) is 0 Å². The van der Waals surface area contributed by atoms with Gasteiger partial charge in [0.25, 0.3) is 0 Å². The topological polar surface area (TPSA) is 36.9 Å². The van der Waals surface area contributed by atoms with Gasteiger partial charge in [-0.1, -0.05) is 26.7 Å². The van der Waals surface area contributed by atoms with Gasteiger partial charge in [-0.05, 0) is 44.4 Å². The number of rotatable bonds is 9. The van der Waals surface area contributed by atoms with Crippen LogP contribution in [0, 0.1) is 11.8 Å². The number of unbranched alkanes of at least 4 members (excludes halogenated alkanes) is 1. The third kappa shape index (κ3) is 8.62. The van der Waals surface area contributed by atoms with Crippen LogP contribution in [0.4, 0.5) is 0 Å². The van der Waals surface area contributed by atoms with E-state index in [0.29, 0.717) is 0 Å². The average molecular weight is 312 g/mol. The maximum absolute atomic E-state index is 5.44. The molecule has 0 atom stereocenters. The molecule has 0 amide bonds. The maximum atomic E-state index is 5.44. The van der Waals surface area contributed by atoms with Gasteiger partial charge in [0.1, 0.15) is 0 Å². The minimum absolute atomic E-state index is 0.805. The molecular weight excluding hydrogens is 274 g/mol. The summed E-state index contributed by atoms with van der Waals surface area (Å²) in [7, 11) is 2.16. The predicted octanol–water partition coefficient (Wildman–Crippen LogP) is 3.53. The zero-order valence-electron chi connectivity index (χ0n) is 15.2. The smallest absolute Gasteiger partial charge is 0.193 e. The van der Waals surface area contributed by atoms with Crippen molar-refractivity contribution in [2.24, 2.45) is 16.8 Å². The first-order valence-electron chi connectivity index (χ1n) is 9.20. The Labute approximate surface area is 137 Å². The van der Waals surface area contributed by atoms with E-state index in [1.54, 1.807) is 0 Å². The van der Waals surface area contributed by atoms with Crippen molar-refractivity contribution in [3.8, 4) is 0 Å². The molecule has 130 valence electrons. The molecule has 4 heteroatoms. The van der Waals surface area contributed by atoms with Crippen LogP contribution in [0.3, 0.4) is 0 Å². The first-order valence-corrected chi connectivity index (χ1v) is 9.20. The normalized spacial score (nSPS) is 17.0. The standard InChI is InChI=1S/C18H37N3O/c1-5-19-18(20-12-7-6-8-16(2)3)21(4)13-9-17-10-14-22-15-11-17/h16-17H,5-15H2,1-4H3,(H,19,20). The lowest BCUT2D eigenvalue weighted by Crippen LogP contribution is -2.40. The van der Waals surface area contributed by atoms with Crippen LogP contribution in [0.1, 0.15) is 59.3 Å². The van der Waals surface area contributed by atoms with Gasteiger partial charge in [0.2, 0.25) is 0 Å². The molecule has 4 nitrogen and oxygen atoms in total. The first-order chi connectivity index (χ1) is 10.6. The summed E-state index contributed by atoms with van der Waals surface area (Å²) in [6, 6.07) is 0. The molecule has 1 N–H and O–H groups in total. The minimum atomic E-state index is 0.805. The van der Waals surface area contributed by atoms with Crippen LogP contribution >= 0.6 is 0 Å². The highest BCUT2D eigenvalue weighted by Gasteiger charge is 2.15. The van der Waals surface area contributed by atoms with Gasteiger partial charge in [-0.15, -0.1) is 0 Å². The molecule has 0 aromatic heterocycles. The Morgan fingerprint density at radius 1 is 1.27 bits per heavy atom. The molecule has 0 radical (unpaired) electrons. The van der Waals surface area contributed by atoms with Gasteiger partial charge in [0, 0.05) is 39.9 Å². The van der Waals surface area contributed by atoms with Crippen LogP contribution < -0.4 is 5.32 Å². The van der Waals surface area contributed by atoms with Crippen molar-refractivity contribution in [2.75, 3.05) is 39.9 Å². The van der Waals surface area contributed by atoms with E-state index in [1.165, 1.54) is 38.5 Å². The Balaban J connectivity index is 2.29. The summed E-state index contributed by atoms with van der Waals surface area (Å²) in [6.45, 7) is 11.6. The van der Waals surface area contributed by atoms with E-state index in [9.17, 15) is 0 Å². The fourth-order valence-corrected chi connectivity index (χ4v) is 2.84. The van der Waals surface area contributed by atoms with Crippen molar-refractivity contribution in [1.82, 2.24) is 10.2 Å². The Morgan fingerprint density at radius 3 is 2.64 bits per heavy atom. The summed E-state index contributed by atoms with van der Waals surface area (Å²) in [6.07, 6.45) is 7.48. The van der Waals surface area contributed by atoms with Gasteiger partial charge in [0.15, 0.2) is 5.96 Å². The van der Waals surface area contributed by atoms with E-state index < -0.39 is 0 Å². The predicted molar refractivity (Wildman–Crippen MR) is 95.5 cm³/mol. The second kappa shape index (κ2) is 11.8. The molecule has 1 heterocycles. The van der Waals surface area contributed by atoms with Gasteiger partial charge < -0.3 is 15.0 Å². The van der Waals surface area contributed by atoms with Gasteiger partial charge in [0.05, 0.1) is 0 Å². The van der Waals surface area contributed by atoms with Crippen LogP contribution in [-0.4, -0.2) is 50.8 Å². The number of nitrogens with zero attached hydrogens (tertiary/aromatic N) is 2. The molecule has 1 rings (SSSR count). The molecule has 1 aliphatic rings. The van der Waals surface area contributed by atoms with Gasteiger partial charge in [-0.2, -0.15) is 0 Å². The van der Waals surface area contributed by atoms with E-state index in [4.69, 9.17) is 9.73 Å². The second-order valence-corrected chi connectivity index (χ2v) is 6.89. The first kappa shape index (κ1) is 19.3. The van der Waals surface area contributed by atoms with Crippen molar-refractivity contribution in [3.63, 3.8) is 0 Å². The molecule has 0 bridgehead atoms. The van der Waals surface area contributed by atoms with Crippen molar-refractivity contribution in [2.45, 2.75) is 59.3 Å². The molecule has 1 aliphatic heterocycles. The number of ether oxygens (including phenoxy) is 1. The van der Waals surface area contributed by atoms with Crippen LogP contribution in [0.5, 0.6) is 0 Å². The monoisotopic (exact) mass is 311 g/mol. The van der Waals surface area contributed by atoms with Crippen molar-refractivity contribution >= 4 is 5.96 Å². The zero-order chi connectivity index (χ0) is 16.2. The fraction of sp³-hybridized carbons (Fsp3) is 0.944. The molecular formula is C18H37N3O. The Hall–Kier alpha value is -0.770. The van der Waals surface area contributed by atoms with Gasteiger partial charge >= 0.3 is 0 Å². The highest BCUT2D eigenvalue weighted by molar-refractivity contribution is 5.79. The minimum Gasteiger partial charge on any atom is -0.381 e. The lowest BCUT2D eigenvalue weighted by atomic mass is 9.96. The Bertz CT molecular complexity index is 299. The zero-order valence-corrected chi connectivity index (χ0v) is 15.2. The van der Waals surface area contributed by atoms with E-state index in [0.717, 1.165) is 50.6 Å². The van der Waals surface area contributed by atoms with E-state index >= 15 is 0 Å². The molecule has 1 fully saturated rings. The quantitative estimate of drug-likeness (QED) is 0.402. The number of hydrogen-bond donors (Lipinski definition) is 1. The third-order valence-electron chi connectivity index (χ3n) is 4.36. The lowest BCUT2D eigenvalue weighted by Gasteiger charge is -2.26. The molecule has 1 saturated heterocycles. The van der Waals surface area contributed by atoms with Crippen LogP contribution in [0.15, 0.2) is 4.99 Å². The third-order valence-corrected chi connectivity index (χ3v) is 4.36. The Kier molecular flexibility index (Phi) is 10.3. The highest BCUT2D eigenvalue weighted by atomic mass is 16.5. The SMILES string of the molecule is CCNC(=NCCCCC(C)C)N(C)CCC1CCOCC1. The van der Waals surface area contributed by atoms with Crippen LogP contribution in [0.2, 0.25) is 0 Å². The summed E-state index contributed by atoms with van der Waals surface area (Å²) in [5, 5.41) is 3.42. The Morgan fingerprint density at radius 2 is 2.00 bits per heavy atom. The lowest BCUT2D eigenvalue weighted by molar-refractivity contribution is 0.0625. The number of nitrogens with one attached hydrogen (secondary N) is 1. The molecule has 0 aromatic carbocycles.